The second kappa shape index (κ2) is 12.2. The maximum Gasteiger partial charge on any atom is 0.321 e. The van der Waals surface area contributed by atoms with Crippen molar-refractivity contribution in [3.63, 3.8) is 0 Å². The Morgan fingerprint density at radius 3 is 2.09 bits per heavy atom. The summed E-state index contributed by atoms with van der Waals surface area (Å²) in [6.07, 6.45) is 2.04. The molecule has 2 aromatic carbocycles. The van der Waals surface area contributed by atoms with Gasteiger partial charge in [0.1, 0.15) is 0 Å². The van der Waals surface area contributed by atoms with Crippen molar-refractivity contribution in [2.45, 2.75) is 25.8 Å². The molecule has 9 nitrogen and oxygen atoms in total. The Morgan fingerprint density at radius 2 is 1.57 bits per heavy atom. The maximum absolute atomic E-state index is 12.8. The topological polar surface area (TPSA) is 92.4 Å². The van der Waals surface area contributed by atoms with Gasteiger partial charge in [-0.15, -0.1) is 0 Å². The number of rotatable bonds is 9. The van der Waals surface area contributed by atoms with Crippen LogP contribution in [0.4, 0.5) is 16.2 Å². The summed E-state index contributed by atoms with van der Waals surface area (Å²) in [4.78, 5) is 29.0. The van der Waals surface area contributed by atoms with Gasteiger partial charge in [0.25, 0.3) is 0 Å². The number of methoxy groups -OCH3 is 3. The molecule has 0 bridgehead atoms. The molecule has 0 unspecified atom stereocenters. The van der Waals surface area contributed by atoms with Crippen LogP contribution in [-0.4, -0.2) is 65.4 Å². The largest absolute Gasteiger partial charge is 0.493 e. The van der Waals surface area contributed by atoms with Crippen LogP contribution in [0.2, 0.25) is 0 Å². The van der Waals surface area contributed by atoms with E-state index in [1.807, 2.05) is 43.3 Å². The van der Waals surface area contributed by atoms with Gasteiger partial charge >= 0.3 is 6.03 Å². The molecule has 2 N–H and O–H groups in total. The molecule has 1 aliphatic heterocycles. The number of hydrogen-bond donors (Lipinski definition) is 2. The van der Waals surface area contributed by atoms with Crippen molar-refractivity contribution in [2.75, 3.05) is 58.7 Å². The molecular formula is C26H36N4O5. The van der Waals surface area contributed by atoms with Crippen molar-refractivity contribution in [2.24, 2.45) is 5.92 Å². The zero-order valence-electron chi connectivity index (χ0n) is 21.2. The highest BCUT2D eigenvalue weighted by Crippen LogP contribution is 2.40. The molecule has 3 amide bonds. The molecule has 3 rings (SSSR count). The Morgan fingerprint density at radius 1 is 0.971 bits per heavy atom. The molecule has 0 saturated carbocycles. The quantitative estimate of drug-likeness (QED) is 0.564. The molecule has 0 aromatic heterocycles. The molecule has 0 spiro atoms. The highest BCUT2D eigenvalue weighted by atomic mass is 16.5. The SMILES string of the molecule is COc1cc(NC(=O)N2CCC(CC(=O)NCc3ccc(N(C)C)cc3)CC2)cc(OC)c1OC. The van der Waals surface area contributed by atoms with Crippen molar-refractivity contribution >= 4 is 23.3 Å². The summed E-state index contributed by atoms with van der Waals surface area (Å²) in [5, 5.41) is 5.92. The molecule has 1 heterocycles. The lowest BCUT2D eigenvalue weighted by Gasteiger charge is -2.31. The van der Waals surface area contributed by atoms with Gasteiger partial charge in [-0.1, -0.05) is 12.1 Å². The second-order valence-electron chi connectivity index (χ2n) is 8.82. The summed E-state index contributed by atoms with van der Waals surface area (Å²) in [6.45, 7) is 1.71. The minimum Gasteiger partial charge on any atom is -0.493 e. The summed E-state index contributed by atoms with van der Waals surface area (Å²) in [7, 11) is 8.60. The van der Waals surface area contributed by atoms with Gasteiger partial charge in [-0.2, -0.15) is 0 Å². The Labute approximate surface area is 207 Å². The number of likely N-dealkylation sites (tertiary alicyclic amines) is 1. The molecular weight excluding hydrogens is 448 g/mol. The number of amides is 3. The average molecular weight is 485 g/mol. The first-order valence-corrected chi connectivity index (χ1v) is 11.7. The number of nitrogens with one attached hydrogen (secondary N) is 2. The van der Waals surface area contributed by atoms with E-state index >= 15 is 0 Å². The van der Waals surface area contributed by atoms with Gasteiger partial charge in [-0.3, -0.25) is 4.79 Å². The van der Waals surface area contributed by atoms with Crippen LogP contribution in [0.25, 0.3) is 0 Å². The van der Waals surface area contributed by atoms with Crippen molar-refractivity contribution in [1.82, 2.24) is 10.2 Å². The van der Waals surface area contributed by atoms with E-state index in [9.17, 15) is 9.59 Å². The van der Waals surface area contributed by atoms with E-state index in [1.54, 1.807) is 17.0 Å². The first-order valence-electron chi connectivity index (χ1n) is 11.7. The van der Waals surface area contributed by atoms with E-state index in [0.717, 1.165) is 24.1 Å². The number of anilines is 2. The van der Waals surface area contributed by atoms with E-state index in [2.05, 4.69) is 10.6 Å². The lowest BCUT2D eigenvalue weighted by atomic mass is 9.93. The summed E-state index contributed by atoms with van der Waals surface area (Å²) >= 11 is 0. The molecule has 1 aliphatic rings. The summed E-state index contributed by atoms with van der Waals surface area (Å²) in [5.74, 6) is 1.72. The Kier molecular flexibility index (Phi) is 9.05. The van der Waals surface area contributed by atoms with Crippen molar-refractivity contribution in [3.8, 4) is 17.2 Å². The predicted molar refractivity (Wildman–Crippen MR) is 137 cm³/mol. The van der Waals surface area contributed by atoms with Crippen molar-refractivity contribution in [3.05, 3.63) is 42.0 Å². The zero-order chi connectivity index (χ0) is 25.4. The number of carbonyl (C=O) groups excluding carboxylic acids is 2. The van der Waals surface area contributed by atoms with E-state index in [0.29, 0.717) is 49.0 Å². The lowest BCUT2D eigenvalue weighted by molar-refractivity contribution is -0.122. The standard InChI is InChI=1S/C26H36N4O5/c1-29(2)21-8-6-19(7-9-21)17-27-24(31)14-18-10-12-30(13-11-18)26(32)28-20-15-22(33-3)25(35-5)23(16-20)34-4/h6-9,15-16,18H,10-14,17H2,1-5H3,(H,27,31)(H,28,32). The first-order chi connectivity index (χ1) is 16.8. The van der Waals surface area contributed by atoms with Crippen LogP contribution in [0.5, 0.6) is 17.2 Å². The number of carbonyl (C=O) groups is 2. The summed E-state index contributed by atoms with van der Waals surface area (Å²) < 4.78 is 16.0. The van der Waals surface area contributed by atoms with E-state index in [1.165, 1.54) is 21.3 Å². The zero-order valence-corrected chi connectivity index (χ0v) is 21.2. The summed E-state index contributed by atoms with van der Waals surface area (Å²) in [5.41, 5.74) is 2.76. The number of benzene rings is 2. The third-order valence-electron chi connectivity index (χ3n) is 6.23. The molecule has 35 heavy (non-hydrogen) atoms. The molecule has 1 saturated heterocycles. The van der Waals surface area contributed by atoms with Gasteiger partial charge in [0.05, 0.1) is 27.0 Å². The summed E-state index contributed by atoms with van der Waals surface area (Å²) in [6, 6.07) is 11.3. The van der Waals surface area contributed by atoms with E-state index in [-0.39, 0.29) is 17.9 Å². The van der Waals surface area contributed by atoms with Crippen LogP contribution in [0.15, 0.2) is 36.4 Å². The minimum absolute atomic E-state index is 0.0435. The fourth-order valence-electron chi connectivity index (χ4n) is 4.14. The number of hydrogen-bond acceptors (Lipinski definition) is 6. The molecule has 9 heteroatoms. The second-order valence-corrected chi connectivity index (χ2v) is 8.82. The van der Waals surface area contributed by atoms with Crippen LogP contribution in [0.3, 0.4) is 0 Å². The third kappa shape index (κ3) is 6.94. The number of ether oxygens (including phenoxy) is 3. The number of nitrogens with zero attached hydrogens (tertiary/aromatic N) is 2. The van der Waals surface area contributed by atoms with Crippen LogP contribution < -0.4 is 29.7 Å². The van der Waals surface area contributed by atoms with Gasteiger partial charge in [-0.25, -0.2) is 4.79 Å². The molecule has 2 aromatic rings. The van der Waals surface area contributed by atoms with Crippen LogP contribution in [-0.2, 0) is 11.3 Å². The smallest absolute Gasteiger partial charge is 0.321 e. The van der Waals surface area contributed by atoms with Gasteiger partial charge in [0.2, 0.25) is 11.7 Å². The Bertz CT molecular complexity index is 976. The molecule has 190 valence electrons. The fraction of sp³-hybridized carbons (Fsp3) is 0.462. The number of piperidine rings is 1. The molecule has 0 radical (unpaired) electrons. The van der Waals surface area contributed by atoms with E-state index < -0.39 is 0 Å². The average Bonchev–Trinajstić information content (AvgIpc) is 2.87. The van der Waals surface area contributed by atoms with Crippen LogP contribution in [0, 0.1) is 5.92 Å². The minimum atomic E-state index is -0.191. The van der Waals surface area contributed by atoms with Crippen LogP contribution in [0.1, 0.15) is 24.8 Å². The Balaban J connectivity index is 1.45. The van der Waals surface area contributed by atoms with Gasteiger partial charge in [-0.05, 0) is 36.5 Å². The third-order valence-corrected chi connectivity index (χ3v) is 6.23. The molecule has 0 atom stereocenters. The molecule has 1 fully saturated rings. The van der Waals surface area contributed by atoms with Gasteiger partial charge in [0, 0.05) is 58.0 Å². The fourth-order valence-corrected chi connectivity index (χ4v) is 4.14. The lowest BCUT2D eigenvalue weighted by Crippen LogP contribution is -2.41. The van der Waals surface area contributed by atoms with Crippen LogP contribution >= 0.6 is 0 Å². The van der Waals surface area contributed by atoms with Crippen molar-refractivity contribution < 1.29 is 23.8 Å². The monoisotopic (exact) mass is 484 g/mol. The van der Waals surface area contributed by atoms with Gasteiger partial charge in [0.15, 0.2) is 11.5 Å². The van der Waals surface area contributed by atoms with Gasteiger partial charge < -0.3 is 34.6 Å². The van der Waals surface area contributed by atoms with Crippen molar-refractivity contribution in [1.29, 1.82) is 0 Å². The predicted octanol–water partition coefficient (Wildman–Crippen LogP) is 3.73. The maximum atomic E-state index is 12.8. The highest BCUT2D eigenvalue weighted by molar-refractivity contribution is 5.90. The highest BCUT2D eigenvalue weighted by Gasteiger charge is 2.25. The first kappa shape index (κ1) is 26.0. The molecule has 0 aliphatic carbocycles. The number of urea groups is 1. The Hall–Kier alpha value is -3.62. The normalized spacial score (nSPS) is 13.7. The van der Waals surface area contributed by atoms with E-state index in [4.69, 9.17) is 14.2 Å².